The van der Waals surface area contributed by atoms with Crippen molar-refractivity contribution in [3.8, 4) is 34.0 Å². The highest BCUT2D eigenvalue weighted by Gasteiger charge is 2.21. The molecule has 2 heterocycles. The second kappa shape index (κ2) is 8.90. The van der Waals surface area contributed by atoms with Crippen molar-refractivity contribution in [2.45, 2.75) is 12.8 Å². The van der Waals surface area contributed by atoms with E-state index in [1.54, 1.807) is 14.2 Å². The van der Waals surface area contributed by atoms with E-state index in [0.29, 0.717) is 11.1 Å². The number of carbonyl (C=O) groups excluding carboxylic acids is 1. The van der Waals surface area contributed by atoms with Crippen LogP contribution in [0.15, 0.2) is 66.7 Å². The van der Waals surface area contributed by atoms with Gasteiger partial charge in [0.1, 0.15) is 11.5 Å². The van der Waals surface area contributed by atoms with Gasteiger partial charge < -0.3 is 14.4 Å². The summed E-state index contributed by atoms with van der Waals surface area (Å²) in [5.41, 5.74) is 5.48. The maximum atomic E-state index is 12.9. The van der Waals surface area contributed by atoms with Gasteiger partial charge in [-0.05, 0) is 79.6 Å². The van der Waals surface area contributed by atoms with Gasteiger partial charge in [0.05, 0.1) is 36.6 Å². The molecule has 166 valence electrons. The zero-order chi connectivity index (χ0) is 22.8. The van der Waals surface area contributed by atoms with Crippen LogP contribution in [0.1, 0.15) is 23.2 Å². The van der Waals surface area contributed by atoms with Gasteiger partial charge in [-0.3, -0.25) is 4.79 Å². The average Bonchev–Trinajstić information content (AvgIpc) is 3.42. The third-order valence-corrected chi connectivity index (χ3v) is 6.03. The number of rotatable bonds is 5. The van der Waals surface area contributed by atoms with E-state index in [4.69, 9.17) is 19.4 Å². The van der Waals surface area contributed by atoms with Gasteiger partial charge in [-0.25, -0.2) is 9.97 Å². The number of hydrogen-bond donors (Lipinski definition) is 0. The van der Waals surface area contributed by atoms with Gasteiger partial charge in [-0.2, -0.15) is 0 Å². The van der Waals surface area contributed by atoms with E-state index < -0.39 is 0 Å². The molecule has 0 aliphatic carbocycles. The summed E-state index contributed by atoms with van der Waals surface area (Å²) < 4.78 is 10.6. The van der Waals surface area contributed by atoms with Crippen molar-refractivity contribution in [2.75, 3.05) is 27.3 Å². The summed E-state index contributed by atoms with van der Waals surface area (Å²) in [5, 5.41) is 0. The topological polar surface area (TPSA) is 64.5 Å². The minimum absolute atomic E-state index is 0.0569. The smallest absolute Gasteiger partial charge is 0.253 e. The first-order valence-corrected chi connectivity index (χ1v) is 11.1. The predicted octanol–water partition coefficient (Wildman–Crippen LogP) is 5.22. The molecular formula is C27H25N3O3. The highest BCUT2D eigenvalue weighted by molar-refractivity contribution is 5.98. The van der Waals surface area contributed by atoms with Crippen molar-refractivity contribution in [3.05, 3.63) is 72.3 Å². The molecule has 0 bridgehead atoms. The van der Waals surface area contributed by atoms with Crippen molar-refractivity contribution in [2.24, 2.45) is 0 Å². The number of benzene rings is 3. The summed E-state index contributed by atoms with van der Waals surface area (Å²) in [6, 6.07) is 21.1. The summed E-state index contributed by atoms with van der Waals surface area (Å²) in [5.74, 6) is 1.61. The van der Waals surface area contributed by atoms with E-state index in [1.165, 1.54) is 0 Å². The number of hydrogen-bond acceptors (Lipinski definition) is 5. The largest absolute Gasteiger partial charge is 0.497 e. The molecule has 0 N–H and O–H groups in total. The predicted molar refractivity (Wildman–Crippen MR) is 129 cm³/mol. The van der Waals surface area contributed by atoms with Gasteiger partial charge in [-0.15, -0.1) is 0 Å². The van der Waals surface area contributed by atoms with Crippen LogP contribution in [0, 0.1) is 0 Å². The number of amides is 1. The molecule has 1 aromatic heterocycles. The minimum atomic E-state index is 0.0569. The maximum absolute atomic E-state index is 12.9. The molecule has 1 aliphatic heterocycles. The van der Waals surface area contributed by atoms with E-state index in [2.05, 4.69) is 0 Å². The minimum Gasteiger partial charge on any atom is -0.497 e. The average molecular weight is 440 g/mol. The van der Waals surface area contributed by atoms with Crippen molar-refractivity contribution in [1.29, 1.82) is 0 Å². The third kappa shape index (κ3) is 4.12. The fourth-order valence-corrected chi connectivity index (χ4v) is 4.19. The molecule has 3 aromatic carbocycles. The third-order valence-electron chi connectivity index (χ3n) is 6.03. The van der Waals surface area contributed by atoms with Crippen LogP contribution in [0.4, 0.5) is 0 Å². The Balaban J connectivity index is 1.64. The monoisotopic (exact) mass is 439 g/mol. The van der Waals surface area contributed by atoms with Crippen molar-refractivity contribution >= 4 is 16.9 Å². The number of ether oxygens (including phenoxy) is 2. The van der Waals surface area contributed by atoms with E-state index >= 15 is 0 Å². The van der Waals surface area contributed by atoms with E-state index in [9.17, 15) is 4.79 Å². The molecule has 0 spiro atoms. The molecule has 5 rings (SSSR count). The van der Waals surface area contributed by atoms with Crippen LogP contribution < -0.4 is 9.47 Å². The Bertz CT molecular complexity index is 1300. The lowest BCUT2D eigenvalue weighted by atomic mass is 10.0. The number of carbonyl (C=O) groups is 1. The van der Waals surface area contributed by atoms with E-state index in [0.717, 1.165) is 65.5 Å². The van der Waals surface area contributed by atoms with Crippen molar-refractivity contribution in [3.63, 3.8) is 0 Å². The molecule has 0 radical (unpaired) electrons. The highest BCUT2D eigenvalue weighted by atomic mass is 16.5. The van der Waals surface area contributed by atoms with Crippen LogP contribution in [-0.2, 0) is 0 Å². The molecule has 33 heavy (non-hydrogen) atoms. The zero-order valence-electron chi connectivity index (χ0n) is 18.7. The number of nitrogens with zero attached hydrogens (tertiary/aromatic N) is 3. The van der Waals surface area contributed by atoms with Crippen molar-refractivity contribution < 1.29 is 14.3 Å². The first kappa shape index (κ1) is 20.9. The zero-order valence-corrected chi connectivity index (χ0v) is 18.7. The first-order chi connectivity index (χ1) is 16.2. The lowest BCUT2D eigenvalue weighted by molar-refractivity contribution is 0.0793. The lowest BCUT2D eigenvalue weighted by Gasteiger charge is -2.16. The molecule has 0 saturated carbocycles. The fourth-order valence-electron chi connectivity index (χ4n) is 4.19. The second-order valence-corrected chi connectivity index (χ2v) is 8.08. The van der Waals surface area contributed by atoms with Gasteiger partial charge in [0, 0.05) is 29.8 Å². The van der Waals surface area contributed by atoms with Crippen LogP contribution in [0.5, 0.6) is 11.5 Å². The number of likely N-dealkylation sites (tertiary alicyclic amines) is 1. The highest BCUT2D eigenvalue weighted by Crippen LogP contribution is 2.33. The van der Waals surface area contributed by atoms with Gasteiger partial charge in [0.2, 0.25) is 0 Å². The van der Waals surface area contributed by atoms with Gasteiger partial charge >= 0.3 is 0 Å². The molecule has 1 fully saturated rings. The van der Waals surface area contributed by atoms with Crippen LogP contribution in [0.3, 0.4) is 0 Å². The summed E-state index contributed by atoms with van der Waals surface area (Å²) in [7, 11) is 3.29. The molecule has 0 unspecified atom stereocenters. The molecule has 1 saturated heterocycles. The van der Waals surface area contributed by atoms with Crippen LogP contribution >= 0.6 is 0 Å². The summed E-state index contributed by atoms with van der Waals surface area (Å²) in [4.78, 5) is 24.8. The summed E-state index contributed by atoms with van der Waals surface area (Å²) in [6.07, 6.45) is 2.12. The van der Waals surface area contributed by atoms with Crippen LogP contribution in [-0.4, -0.2) is 48.1 Å². The van der Waals surface area contributed by atoms with Gasteiger partial charge in [0.25, 0.3) is 5.91 Å². The molecular weight excluding hydrogens is 414 g/mol. The first-order valence-electron chi connectivity index (χ1n) is 11.1. The molecule has 4 aromatic rings. The second-order valence-electron chi connectivity index (χ2n) is 8.08. The Morgan fingerprint density at radius 2 is 1.24 bits per heavy atom. The van der Waals surface area contributed by atoms with E-state index in [1.807, 2.05) is 71.6 Å². The molecule has 6 nitrogen and oxygen atoms in total. The quantitative estimate of drug-likeness (QED) is 0.427. The Kier molecular flexibility index (Phi) is 5.65. The maximum Gasteiger partial charge on any atom is 0.253 e. The van der Waals surface area contributed by atoms with E-state index in [-0.39, 0.29) is 5.91 Å². The SMILES string of the molecule is COc1ccc(-c2nc3ccc(C(=O)N4CCCC4)cc3nc2-c2ccc(OC)cc2)cc1. The Hall–Kier alpha value is -3.93. The fraction of sp³-hybridized carbons (Fsp3) is 0.222. The molecule has 1 aliphatic rings. The van der Waals surface area contributed by atoms with Gasteiger partial charge in [0.15, 0.2) is 0 Å². The summed E-state index contributed by atoms with van der Waals surface area (Å²) >= 11 is 0. The number of methoxy groups -OCH3 is 2. The number of fused-ring (bicyclic) bond motifs is 1. The Morgan fingerprint density at radius 1 is 0.727 bits per heavy atom. The molecule has 6 heteroatoms. The van der Waals surface area contributed by atoms with Crippen LogP contribution in [0.25, 0.3) is 33.5 Å². The Morgan fingerprint density at radius 3 is 1.76 bits per heavy atom. The normalized spacial score (nSPS) is 13.3. The van der Waals surface area contributed by atoms with Crippen molar-refractivity contribution in [1.82, 2.24) is 14.9 Å². The van der Waals surface area contributed by atoms with Gasteiger partial charge in [-0.1, -0.05) is 0 Å². The number of aromatic nitrogens is 2. The molecule has 0 atom stereocenters. The Labute approximate surface area is 192 Å². The summed E-state index contributed by atoms with van der Waals surface area (Å²) in [6.45, 7) is 1.63. The lowest BCUT2D eigenvalue weighted by Crippen LogP contribution is -2.27. The standard InChI is InChI=1S/C27H25N3O3/c1-32-21-10-5-18(6-11-21)25-26(19-7-12-22(33-2)13-8-19)29-24-17-20(9-14-23(24)28-25)27(31)30-15-3-4-16-30/h5-14,17H,3-4,15-16H2,1-2H3. The van der Waals surface area contributed by atoms with Crippen LogP contribution in [0.2, 0.25) is 0 Å². The molecule has 1 amide bonds.